The zero-order valence-corrected chi connectivity index (χ0v) is 18.1. The summed E-state index contributed by atoms with van der Waals surface area (Å²) in [7, 11) is 0. The molecule has 2 aliphatic rings. The highest BCUT2D eigenvalue weighted by molar-refractivity contribution is 5.92. The van der Waals surface area contributed by atoms with E-state index in [0.717, 1.165) is 16.7 Å². The molecule has 1 N–H and O–H groups in total. The van der Waals surface area contributed by atoms with Gasteiger partial charge >= 0.3 is 12.1 Å². The number of rotatable bonds is 2. The van der Waals surface area contributed by atoms with Crippen LogP contribution in [0.3, 0.4) is 0 Å². The summed E-state index contributed by atoms with van der Waals surface area (Å²) in [5.41, 5.74) is 1.86. The minimum Gasteiger partial charge on any atom is -0.482 e. The number of aromatic carboxylic acids is 1. The van der Waals surface area contributed by atoms with E-state index in [0.29, 0.717) is 31.7 Å². The highest BCUT2D eigenvalue weighted by Gasteiger charge is 2.41. The van der Waals surface area contributed by atoms with Gasteiger partial charge in [0.25, 0.3) is 0 Å². The SMILES string of the molecule is CC(C)(C)OC(=O)N1CCC2(C=C(c3ccccc3)c3cc(C(=O)O)ccc3O2)CC1. The molecule has 0 aromatic heterocycles. The first-order chi connectivity index (χ1) is 14.7. The molecule has 6 heteroatoms. The highest BCUT2D eigenvalue weighted by atomic mass is 16.6. The second-order valence-corrected chi connectivity index (χ2v) is 9.07. The zero-order chi connectivity index (χ0) is 22.2. The van der Waals surface area contributed by atoms with Crippen LogP contribution in [0.1, 0.15) is 55.1 Å². The van der Waals surface area contributed by atoms with Gasteiger partial charge in [-0.3, -0.25) is 0 Å². The van der Waals surface area contributed by atoms with E-state index in [2.05, 4.69) is 6.08 Å². The number of benzene rings is 2. The van der Waals surface area contributed by atoms with Gasteiger partial charge in [-0.1, -0.05) is 30.3 Å². The molecular formula is C25H27NO5. The molecule has 1 fully saturated rings. The van der Waals surface area contributed by atoms with Crippen LogP contribution in [0.15, 0.2) is 54.6 Å². The number of hydrogen-bond donors (Lipinski definition) is 1. The fraction of sp³-hybridized carbons (Fsp3) is 0.360. The number of ether oxygens (including phenoxy) is 2. The molecule has 162 valence electrons. The standard InChI is InChI=1S/C25H27NO5/c1-24(2,3)31-23(29)26-13-11-25(12-14-26)16-20(17-7-5-4-6-8-17)19-15-18(22(27)28)9-10-21(19)30-25/h4-10,15-16H,11-14H2,1-3H3,(H,27,28). The lowest BCUT2D eigenvalue weighted by atomic mass is 9.82. The maximum Gasteiger partial charge on any atom is 0.410 e. The smallest absolute Gasteiger partial charge is 0.410 e. The van der Waals surface area contributed by atoms with E-state index >= 15 is 0 Å². The summed E-state index contributed by atoms with van der Waals surface area (Å²) in [5.74, 6) is -0.307. The van der Waals surface area contributed by atoms with E-state index < -0.39 is 17.2 Å². The first kappa shape index (κ1) is 21.0. The first-order valence-corrected chi connectivity index (χ1v) is 10.5. The average molecular weight is 421 g/mol. The van der Waals surface area contributed by atoms with Crippen LogP contribution in [0.25, 0.3) is 5.57 Å². The van der Waals surface area contributed by atoms with Crippen LogP contribution in [0, 0.1) is 0 Å². The Morgan fingerprint density at radius 1 is 1.06 bits per heavy atom. The largest absolute Gasteiger partial charge is 0.482 e. The van der Waals surface area contributed by atoms with Crippen molar-refractivity contribution >= 4 is 17.6 Å². The second-order valence-electron chi connectivity index (χ2n) is 9.07. The highest BCUT2D eigenvalue weighted by Crippen LogP contribution is 2.43. The normalized spacial score (nSPS) is 17.4. The monoisotopic (exact) mass is 421 g/mol. The van der Waals surface area contributed by atoms with Crippen molar-refractivity contribution in [1.29, 1.82) is 0 Å². The van der Waals surface area contributed by atoms with Crippen LogP contribution in [-0.2, 0) is 4.74 Å². The van der Waals surface area contributed by atoms with Gasteiger partial charge in [0.15, 0.2) is 0 Å². The summed E-state index contributed by atoms with van der Waals surface area (Å²) in [6.45, 7) is 6.62. The maximum atomic E-state index is 12.5. The molecule has 0 aliphatic carbocycles. The van der Waals surface area contributed by atoms with Gasteiger partial charge < -0.3 is 19.5 Å². The van der Waals surface area contributed by atoms with E-state index in [1.165, 1.54) is 0 Å². The minimum atomic E-state index is -0.971. The average Bonchev–Trinajstić information content (AvgIpc) is 2.72. The third-order valence-electron chi connectivity index (χ3n) is 5.58. The number of carbonyl (C=O) groups is 2. The van der Waals surface area contributed by atoms with Crippen molar-refractivity contribution in [3.63, 3.8) is 0 Å². The molecule has 2 aliphatic heterocycles. The summed E-state index contributed by atoms with van der Waals surface area (Å²) in [5, 5.41) is 9.44. The van der Waals surface area contributed by atoms with Gasteiger partial charge in [0, 0.05) is 31.5 Å². The Morgan fingerprint density at radius 3 is 2.35 bits per heavy atom. The Labute approximate surface area is 182 Å². The number of piperidine rings is 1. The van der Waals surface area contributed by atoms with E-state index in [-0.39, 0.29) is 11.7 Å². The van der Waals surface area contributed by atoms with Crippen molar-refractivity contribution in [3.05, 3.63) is 71.3 Å². The van der Waals surface area contributed by atoms with Crippen molar-refractivity contribution in [1.82, 2.24) is 4.90 Å². The summed E-state index contributed by atoms with van der Waals surface area (Å²) in [6.07, 6.45) is 3.05. The lowest BCUT2D eigenvalue weighted by Crippen LogP contribution is -2.50. The molecule has 1 saturated heterocycles. The molecule has 2 aromatic carbocycles. The van der Waals surface area contributed by atoms with Crippen LogP contribution in [-0.4, -0.2) is 46.4 Å². The minimum absolute atomic E-state index is 0.222. The molecule has 6 nitrogen and oxygen atoms in total. The van der Waals surface area contributed by atoms with Gasteiger partial charge in [0.05, 0.1) is 5.56 Å². The molecule has 31 heavy (non-hydrogen) atoms. The lowest BCUT2D eigenvalue weighted by Gasteiger charge is -2.43. The van der Waals surface area contributed by atoms with Crippen LogP contribution in [0.4, 0.5) is 4.79 Å². The Balaban J connectivity index is 1.65. The maximum absolute atomic E-state index is 12.5. The molecule has 0 atom stereocenters. The Morgan fingerprint density at radius 2 is 1.74 bits per heavy atom. The summed E-state index contributed by atoms with van der Waals surface area (Å²) in [6, 6.07) is 14.9. The summed E-state index contributed by atoms with van der Waals surface area (Å²) in [4.78, 5) is 25.7. The topological polar surface area (TPSA) is 76.1 Å². The van der Waals surface area contributed by atoms with Crippen LogP contribution >= 0.6 is 0 Å². The number of carboxylic acids is 1. The summed E-state index contributed by atoms with van der Waals surface area (Å²) < 4.78 is 11.9. The Kier molecular flexibility index (Phi) is 5.25. The quantitative estimate of drug-likeness (QED) is 0.740. The molecule has 0 bridgehead atoms. The van der Waals surface area contributed by atoms with Gasteiger partial charge in [-0.05, 0) is 56.2 Å². The number of fused-ring (bicyclic) bond motifs is 1. The number of nitrogens with zero attached hydrogens (tertiary/aromatic N) is 1. The molecular weight excluding hydrogens is 394 g/mol. The molecule has 1 amide bonds. The van der Waals surface area contributed by atoms with Gasteiger partial charge in [-0.15, -0.1) is 0 Å². The van der Waals surface area contributed by atoms with Gasteiger partial charge in [0.2, 0.25) is 0 Å². The van der Waals surface area contributed by atoms with Crippen molar-refractivity contribution in [2.75, 3.05) is 13.1 Å². The fourth-order valence-electron chi connectivity index (χ4n) is 4.05. The number of carboxylic acid groups (broad SMARTS) is 1. The van der Waals surface area contributed by atoms with Gasteiger partial charge in [-0.25, -0.2) is 9.59 Å². The van der Waals surface area contributed by atoms with E-state index in [9.17, 15) is 14.7 Å². The van der Waals surface area contributed by atoms with Crippen LogP contribution < -0.4 is 4.74 Å². The molecule has 0 radical (unpaired) electrons. The van der Waals surface area contributed by atoms with Crippen molar-refractivity contribution in [3.8, 4) is 5.75 Å². The number of likely N-dealkylation sites (tertiary alicyclic amines) is 1. The van der Waals surface area contributed by atoms with Crippen molar-refractivity contribution in [2.45, 2.75) is 44.8 Å². The van der Waals surface area contributed by atoms with Crippen LogP contribution in [0.5, 0.6) is 5.75 Å². The van der Waals surface area contributed by atoms with Crippen molar-refractivity contribution in [2.24, 2.45) is 0 Å². The number of hydrogen-bond acceptors (Lipinski definition) is 4. The molecule has 0 saturated carbocycles. The molecule has 4 rings (SSSR count). The predicted octanol–water partition coefficient (Wildman–Crippen LogP) is 4.98. The first-order valence-electron chi connectivity index (χ1n) is 10.5. The summed E-state index contributed by atoms with van der Waals surface area (Å²) >= 11 is 0. The van der Waals surface area contributed by atoms with Gasteiger partial charge in [-0.2, -0.15) is 0 Å². The third-order valence-corrected chi connectivity index (χ3v) is 5.58. The predicted molar refractivity (Wildman–Crippen MR) is 117 cm³/mol. The number of carbonyl (C=O) groups excluding carboxylic acids is 1. The van der Waals surface area contributed by atoms with Gasteiger partial charge in [0.1, 0.15) is 17.0 Å². The van der Waals surface area contributed by atoms with E-state index in [1.807, 2.05) is 51.1 Å². The number of amides is 1. The van der Waals surface area contributed by atoms with E-state index in [4.69, 9.17) is 9.47 Å². The zero-order valence-electron chi connectivity index (χ0n) is 18.1. The molecule has 0 unspecified atom stereocenters. The molecule has 2 heterocycles. The Bertz CT molecular complexity index is 1030. The molecule has 1 spiro atoms. The van der Waals surface area contributed by atoms with Crippen LogP contribution in [0.2, 0.25) is 0 Å². The Hall–Kier alpha value is -3.28. The van der Waals surface area contributed by atoms with Crippen molar-refractivity contribution < 1.29 is 24.2 Å². The lowest BCUT2D eigenvalue weighted by molar-refractivity contribution is -0.00116. The van der Waals surface area contributed by atoms with E-state index in [1.54, 1.807) is 23.1 Å². The fourth-order valence-corrected chi connectivity index (χ4v) is 4.05. The molecule has 2 aromatic rings. The second kappa shape index (κ2) is 7.76. The third kappa shape index (κ3) is 4.43.